The Morgan fingerprint density at radius 3 is 2.65 bits per heavy atom. The second-order valence-electron chi connectivity index (χ2n) is 10.9. The zero-order chi connectivity index (χ0) is 28.6. The molecule has 0 radical (unpaired) electrons. The first-order valence-electron chi connectivity index (χ1n) is 14.1. The number of benzene rings is 1. The van der Waals surface area contributed by atoms with E-state index in [9.17, 15) is 19.5 Å². The van der Waals surface area contributed by atoms with E-state index in [-0.39, 0.29) is 42.7 Å². The maximum Gasteiger partial charge on any atom is 0.407 e. The van der Waals surface area contributed by atoms with E-state index < -0.39 is 12.1 Å². The van der Waals surface area contributed by atoms with E-state index in [0.717, 1.165) is 30.6 Å². The third-order valence-electron chi connectivity index (χ3n) is 7.47. The number of methoxy groups -OCH3 is 1. The third-order valence-corrected chi connectivity index (χ3v) is 7.47. The summed E-state index contributed by atoms with van der Waals surface area (Å²) in [5.41, 5.74) is 1.82. The minimum Gasteiger partial charge on any atom is -0.465 e. The second-order valence-corrected chi connectivity index (χ2v) is 10.9. The van der Waals surface area contributed by atoms with Gasteiger partial charge in [-0.25, -0.2) is 14.3 Å². The highest BCUT2D eigenvalue weighted by Crippen LogP contribution is 2.26. The molecule has 1 aromatic carbocycles. The molecule has 0 spiro atoms. The van der Waals surface area contributed by atoms with Crippen LogP contribution in [0.25, 0.3) is 5.69 Å². The number of unbranched alkanes of at least 4 members (excludes halogenated alkanes) is 1. The zero-order valence-corrected chi connectivity index (χ0v) is 23.7. The van der Waals surface area contributed by atoms with Gasteiger partial charge in [-0.1, -0.05) is 37.3 Å². The van der Waals surface area contributed by atoms with Gasteiger partial charge in [0.1, 0.15) is 0 Å². The highest BCUT2D eigenvalue weighted by molar-refractivity contribution is 5.93. The molecule has 2 aromatic rings. The lowest BCUT2D eigenvalue weighted by atomic mass is 9.96. The summed E-state index contributed by atoms with van der Waals surface area (Å²) in [7, 11) is 1.67. The molecule has 2 N–H and O–H groups in total. The molecular weight excluding hydrogens is 514 g/mol. The van der Waals surface area contributed by atoms with Gasteiger partial charge in [0.2, 0.25) is 0 Å². The minimum absolute atomic E-state index is 0.134. The minimum atomic E-state index is -1.06. The number of nitrogens with one attached hydrogen (secondary N) is 1. The fraction of sp³-hybridized carbons (Fsp3) is 0.607. The molecular formula is C28H41N7O5. The predicted octanol–water partition coefficient (Wildman–Crippen LogP) is 2.87. The number of carbonyl (C=O) groups is 3. The first-order valence-corrected chi connectivity index (χ1v) is 14.1. The van der Waals surface area contributed by atoms with Gasteiger partial charge in [0.15, 0.2) is 5.69 Å². The molecule has 4 amide bonds. The first kappa shape index (κ1) is 29.3. The van der Waals surface area contributed by atoms with Crippen molar-refractivity contribution < 1.29 is 24.2 Å². The van der Waals surface area contributed by atoms with Gasteiger partial charge in [0.25, 0.3) is 5.91 Å². The molecule has 2 atom stereocenters. The summed E-state index contributed by atoms with van der Waals surface area (Å²) >= 11 is 0. The summed E-state index contributed by atoms with van der Waals surface area (Å²) in [5.74, 6) is -0.132. The summed E-state index contributed by atoms with van der Waals surface area (Å²) in [6, 6.07) is 8.67. The molecule has 0 aliphatic carbocycles. The Morgan fingerprint density at radius 2 is 1.98 bits per heavy atom. The second kappa shape index (κ2) is 13.6. The van der Waals surface area contributed by atoms with E-state index >= 15 is 0 Å². The van der Waals surface area contributed by atoms with Crippen LogP contribution in [-0.2, 0) is 11.2 Å². The number of amides is 4. The summed E-state index contributed by atoms with van der Waals surface area (Å²) in [6.45, 7) is 6.67. The van der Waals surface area contributed by atoms with Gasteiger partial charge in [-0.2, -0.15) is 0 Å². The maximum atomic E-state index is 14.3. The smallest absolute Gasteiger partial charge is 0.407 e. The molecule has 2 fully saturated rings. The molecule has 0 saturated carbocycles. The molecule has 12 nitrogen and oxygen atoms in total. The number of aromatic nitrogens is 3. The number of likely N-dealkylation sites (tertiary alicyclic amines) is 1. The van der Waals surface area contributed by atoms with E-state index in [2.05, 4.69) is 15.6 Å². The Kier molecular flexibility index (Phi) is 9.97. The molecule has 2 saturated heterocycles. The molecule has 4 rings (SSSR count). The van der Waals surface area contributed by atoms with Crippen molar-refractivity contribution in [2.75, 3.05) is 46.4 Å². The van der Waals surface area contributed by atoms with Crippen LogP contribution in [0.1, 0.15) is 55.7 Å². The van der Waals surface area contributed by atoms with Crippen molar-refractivity contribution in [2.24, 2.45) is 5.92 Å². The van der Waals surface area contributed by atoms with Crippen LogP contribution in [0, 0.1) is 5.92 Å². The van der Waals surface area contributed by atoms with Gasteiger partial charge in [-0.15, -0.1) is 5.10 Å². The number of carboxylic acid groups (broad SMARTS) is 1. The van der Waals surface area contributed by atoms with E-state index in [1.807, 2.05) is 44.2 Å². The lowest BCUT2D eigenvalue weighted by Crippen LogP contribution is -2.62. The zero-order valence-electron chi connectivity index (χ0n) is 23.7. The number of nitrogens with zero attached hydrogens (tertiary/aromatic N) is 6. The van der Waals surface area contributed by atoms with E-state index in [1.54, 1.807) is 21.6 Å². The van der Waals surface area contributed by atoms with E-state index in [4.69, 9.17) is 4.74 Å². The Labute approximate surface area is 235 Å². The van der Waals surface area contributed by atoms with Crippen molar-refractivity contribution in [1.29, 1.82) is 0 Å². The predicted molar refractivity (Wildman–Crippen MR) is 149 cm³/mol. The van der Waals surface area contributed by atoms with E-state index in [1.165, 1.54) is 4.90 Å². The van der Waals surface area contributed by atoms with Crippen molar-refractivity contribution >= 4 is 18.0 Å². The van der Waals surface area contributed by atoms with Crippen molar-refractivity contribution in [2.45, 2.75) is 58.0 Å². The number of urea groups is 1. The largest absolute Gasteiger partial charge is 0.465 e. The molecule has 0 unspecified atom stereocenters. The van der Waals surface area contributed by atoms with Gasteiger partial charge in [-0.05, 0) is 50.2 Å². The normalized spacial score (nSPS) is 19.6. The molecule has 40 heavy (non-hydrogen) atoms. The SMILES string of the molecule is COCCCCc1c(C(=O)N(CC(C)C)[C@H]2C[C@@H](N3CCCNC3=O)CN(C(=O)O)C2)nnn1-c1ccccc1. The lowest BCUT2D eigenvalue weighted by Gasteiger charge is -2.46. The van der Waals surface area contributed by atoms with Crippen LogP contribution in [-0.4, -0.2) is 111 Å². The fourth-order valence-corrected chi connectivity index (χ4v) is 5.59. The van der Waals surface area contributed by atoms with Gasteiger partial charge in [0.05, 0.1) is 23.5 Å². The fourth-order valence-electron chi connectivity index (χ4n) is 5.59. The van der Waals surface area contributed by atoms with Crippen LogP contribution < -0.4 is 5.32 Å². The standard InChI is InChI=1S/C28H41N7O5/c1-20(2)17-34(23-16-22(18-32(19-23)28(38)39)33-14-9-13-29-27(33)37)26(36)25-24(12-7-8-15-40-3)35(31-30-25)21-10-5-4-6-11-21/h4-6,10-11,20,22-23H,7-9,12-19H2,1-3H3,(H,29,37)(H,38,39)/t22-,23+/m1/s1. The van der Waals surface area contributed by atoms with Crippen molar-refractivity contribution in [3.63, 3.8) is 0 Å². The van der Waals surface area contributed by atoms with Gasteiger partial charge in [-0.3, -0.25) is 4.79 Å². The number of piperidine rings is 1. The Morgan fingerprint density at radius 1 is 1.20 bits per heavy atom. The van der Waals surface area contributed by atoms with Crippen molar-refractivity contribution in [3.8, 4) is 5.69 Å². The Balaban J connectivity index is 1.67. The van der Waals surface area contributed by atoms with Gasteiger partial charge in [0, 0.05) is 46.4 Å². The van der Waals surface area contributed by atoms with Crippen molar-refractivity contribution in [3.05, 3.63) is 41.7 Å². The Hall–Kier alpha value is -3.67. The Bertz CT molecular complexity index is 1160. The highest BCUT2D eigenvalue weighted by atomic mass is 16.5. The number of rotatable bonds is 11. The summed E-state index contributed by atoms with van der Waals surface area (Å²) < 4.78 is 6.93. The van der Waals surface area contributed by atoms with Gasteiger partial charge >= 0.3 is 12.1 Å². The van der Waals surface area contributed by atoms with Gasteiger partial charge < -0.3 is 29.9 Å². The maximum absolute atomic E-state index is 14.3. The summed E-state index contributed by atoms with van der Waals surface area (Å²) in [5, 5.41) is 21.6. The monoisotopic (exact) mass is 555 g/mol. The van der Waals surface area contributed by atoms with Crippen LogP contribution >= 0.6 is 0 Å². The number of para-hydroxylation sites is 1. The lowest BCUT2D eigenvalue weighted by molar-refractivity contribution is 0.0307. The first-order chi connectivity index (χ1) is 19.3. The third kappa shape index (κ3) is 6.90. The van der Waals surface area contributed by atoms with Crippen LogP contribution in [0.4, 0.5) is 9.59 Å². The molecule has 0 bridgehead atoms. The molecule has 3 heterocycles. The average Bonchev–Trinajstić information content (AvgIpc) is 3.38. The van der Waals surface area contributed by atoms with Crippen LogP contribution in [0.5, 0.6) is 0 Å². The van der Waals surface area contributed by atoms with Crippen molar-refractivity contribution in [1.82, 2.24) is 35.0 Å². The average molecular weight is 556 g/mol. The molecule has 218 valence electrons. The van der Waals surface area contributed by atoms with E-state index in [0.29, 0.717) is 39.1 Å². The molecule has 12 heteroatoms. The summed E-state index contributed by atoms with van der Waals surface area (Å²) in [4.78, 5) is 43.9. The number of hydrogen-bond acceptors (Lipinski definition) is 6. The number of hydrogen-bond donors (Lipinski definition) is 2. The number of carbonyl (C=O) groups excluding carboxylic acids is 2. The summed E-state index contributed by atoms with van der Waals surface area (Å²) in [6.07, 6.45) is 2.44. The topological polar surface area (TPSA) is 133 Å². The van der Waals surface area contributed by atoms with Crippen LogP contribution in [0.2, 0.25) is 0 Å². The quantitative estimate of drug-likeness (QED) is 0.407. The highest BCUT2D eigenvalue weighted by Gasteiger charge is 2.40. The molecule has 2 aliphatic rings. The molecule has 1 aromatic heterocycles. The van der Waals surface area contributed by atoms with Crippen LogP contribution in [0.15, 0.2) is 30.3 Å². The number of ether oxygens (including phenoxy) is 1. The molecule has 2 aliphatic heterocycles. The van der Waals surface area contributed by atoms with Crippen LogP contribution in [0.3, 0.4) is 0 Å².